The van der Waals surface area contributed by atoms with Crippen molar-refractivity contribution in [2.45, 2.75) is 0 Å². The van der Waals surface area contributed by atoms with Gasteiger partial charge < -0.3 is 4.90 Å². The molecule has 1 heteroatoms. The number of fused-ring (bicyclic) bond motifs is 2. The molecule has 1 nitrogen and oxygen atoms in total. The minimum absolute atomic E-state index is 0.106. The zero-order chi connectivity index (χ0) is 44.9. The lowest BCUT2D eigenvalue weighted by atomic mass is 9.89. The van der Waals surface area contributed by atoms with Gasteiger partial charge in [0.05, 0.1) is 11.0 Å². The second kappa shape index (κ2) is 15.0. The molecule has 0 saturated carbocycles. The van der Waals surface area contributed by atoms with Crippen LogP contribution in [0.5, 0.6) is 0 Å². The van der Waals surface area contributed by atoms with Crippen LogP contribution in [0.15, 0.2) is 236 Å². The molecule has 0 atom stereocenters. The van der Waals surface area contributed by atoms with Gasteiger partial charge in [-0.15, -0.1) is 0 Å². The van der Waals surface area contributed by atoms with Gasteiger partial charge in [0.2, 0.25) is 0 Å². The molecule has 57 heavy (non-hydrogen) atoms. The first kappa shape index (κ1) is 26.3. The lowest BCUT2D eigenvalue weighted by Crippen LogP contribution is -2.09. The summed E-state index contributed by atoms with van der Waals surface area (Å²) >= 11 is 0. The molecule has 0 aliphatic rings. The van der Waals surface area contributed by atoms with Crippen LogP contribution in [0.4, 0.5) is 17.1 Å². The van der Waals surface area contributed by atoms with E-state index in [9.17, 15) is 11.0 Å². The molecule has 0 bridgehead atoms. The predicted molar refractivity (Wildman–Crippen MR) is 243 cm³/mol. The third-order valence-corrected chi connectivity index (χ3v) is 10.4. The van der Waals surface area contributed by atoms with Gasteiger partial charge in [-0.1, -0.05) is 194 Å². The topological polar surface area (TPSA) is 3.24 Å². The lowest BCUT2D eigenvalue weighted by molar-refractivity contribution is 1.28. The molecule has 10 rings (SSSR count). The third kappa shape index (κ3) is 6.77. The molecule has 0 unspecified atom stereocenters. The van der Waals surface area contributed by atoms with Crippen molar-refractivity contribution in [1.82, 2.24) is 0 Å². The van der Waals surface area contributed by atoms with Gasteiger partial charge in [-0.2, -0.15) is 0 Å². The molecular formula is C56H39N. The summed E-state index contributed by atoms with van der Waals surface area (Å²) in [5.41, 5.74) is 7.00. The fraction of sp³-hybridized carbons (Fsp3) is 0. The second-order valence-electron chi connectivity index (χ2n) is 13.9. The van der Waals surface area contributed by atoms with Crippen LogP contribution in [-0.4, -0.2) is 0 Å². The number of nitrogens with zero attached hydrogens (tertiary/aromatic N) is 1. The Kier molecular flexibility index (Phi) is 6.92. The Bertz CT molecular complexity index is 3390. The molecule has 0 aliphatic heterocycles. The SMILES string of the molecule is [2H]c1c([2H])c(N(c2ccc(-c3c(-c4ccccc4)ccc4ccccc34)cc2)c2c([2H])c([2H])c(-c3ccc4ccccc4c3)c([2H])c2[2H])c([2H])c([2H])c1-c1ccc(-c2ccccc2)cc1. The molecule has 10 aromatic rings. The largest absolute Gasteiger partial charge is 0.311 e. The van der Waals surface area contributed by atoms with Crippen molar-refractivity contribution in [2.24, 2.45) is 0 Å². The van der Waals surface area contributed by atoms with E-state index in [0.29, 0.717) is 16.8 Å². The summed E-state index contributed by atoms with van der Waals surface area (Å²) in [6.45, 7) is 0. The van der Waals surface area contributed by atoms with E-state index in [1.54, 1.807) is 30.3 Å². The number of hydrogen-bond acceptors (Lipinski definition) is 1. The van der Waals surface area contributed by atoms with Gasteiger partial charge in [-0.25, -0.2) is 0 Å². The molecule has 0 saturated heterocycles. The Labute approximate surface area is 345 Å². The van der Waals surface area contributed by atoms with Crippen LogP contribution in [0.2, 0.25) is 0 Å². The Balaban J connectivity index is 1.18. The minimum Gasteiger partial charge on any atom is -0.311 e. The molecule has 10 aromatic carbocycles. The normalized spacial score (nSPS) is 13.1. The van der Waals surface area contributed by atoms with Crippen LogP contribution < -0.4 is 4.90 Å². The van der Waals surface area contributed by atoms with Gasteiger partial charge in [0, 0.05) is 17.1 Å². The molecule has 268 valence electrons. The highest BCUT2D eigenvalue weighted by molar-refractivity contribution is 6.04. The van der Waals surface area contributed by atoms with Crippen molar-refractivity contribution in [3.63, 3.8) is 0 Å². The average molecular weight is 734 g/mol. The molecule has 0 spiro atoms. The van der Waals surface area contributed by atoms with Gasteiger partial charge in [-0.05, 0) is 120 Å². The predicted octanol–water partition coefficient (Wildman–Crippen LogP) is 15.8. The smallest absolute Gasteiger partial charge is 0.0645 e. The van der Waals surface area contributed by atoms with Crippen molar-refractivity contribution in [3.8, 4) is 55.6 Å². The molecular weight excluding hydrogens is 687 g/mol. The van der Waals surface area contributed by atoms with Gasteiger partial charge in [0.15, 0.2) is 0 Å². The van der Waals surface area contributed by atoms with Crippen LogP contribution in [-0.2, 0) is 0 Å². The number of anilines is 3. The lowest BCUT2D eigenvalue weighted by Gasteiger charge is -2.26. The molecule has 0 aromatic heterocycles. The molecule has 0 heterocycles. The number of rotatable bonds is 8. The van der Waals surface area contributed by atoms with E-state index in [2.05, 4.69) is 36.4 Å². The monoisotopic (exact) mass is 733 g/mol. The molecule has 0 aliphatic carbocycles. The Morgan fingerprint density at radius 3 is 1.39 bits per heavy atom. The summed E-state index contributed by atoms with van der Waals surface area (Å²) in [6, 6.07) is 57.5. The van der Waals surface area contributed by atoms with E-state index in [1.165, 1.54) is 4.90 Å². The third-order valence-electron chi connectivity index (χ3n) is 10.4. The minimum atomic E-state index is -0.395. The molecule has 0 fully saturated rings. The average Bonchev–Trinajstić information content (AvgIpc) is 3.35. The summed E-state index contributed by atoms with van der Waals surface area (Å²) in [6.07, 6.45) is 0. The van der Waals surface area contributed by atoms with Crippen molar-refractivity contribution in [3.05, 3.63) is 236 Å². The number of hydrogen-bond donors (Lipinski definition) is 0. The summed E-state index contributed by atoms with van der Waals surface area (Å²) in [4.78, 5) is 1.36. The van der Waals surface area contributed by atoms with Crippen LogP contribution >= 0.6 is 0 Å². The highest BCUT2D eigenvalue weighted by Gasteiger charge is 2.16. The van der Waals surface area contributed by atoms with Gasteiger partial charge in [0.1, 0.15) is 0 Å². The molecule has 0 amide bonds. The summed E-state index contributed by atoms with van der Waals surface area (Å²) < 4.78 is 75.9. The van der Waals surface area contributed by atoms with E-state index in [1.807, 2.05) is 121 Å². The van der Waals surface area contributed by atoms with Crippen LogP contribution in [0.25, 0.3) is 77.2 Å². The van der Waals surface area contributed by atoms with E-state index in [0.717, 1.165) is 54.9 Å². The summed E-state index contributed by atoms with van der Waals surface area (Å²) in [7, 11) is 0. The Hall–Kier alpha value is -7.48. The fourth-order valence-electron chi connectivity index (χ4n) is 7.52. The maximum atomic E-state index is 9.57. The fourth-order valence-corrected chi connectivity index (χ4v) is 7.52. The Morgan fingerprint density at radius 2 is 0.737 bits per heavy atom. The van der Waals surface area contributed by atoms with Crippen molar-refractivity contribution in [2.75, 3.05) is 4.90 Å². The van der Waals surface area contributed by atoms with Gasteiger partial charge in [-0.3, -0.25) is 0 Å². The highest BCUT2D eigenvalue weighted by atomic mass is 15.1. The van der Waals surface area contributed by atoms with E-state index in [4.69, 9.17) is 0 Å². The zero-order valence-electron chi connectivity index (χ0n) is 38.8. The van der Waals surface area contributed by atoms with Crippen molar-refractivity contribution < 1.29 is 11.0 Å². The second-order valence-corrected chi connectivity index (χ2v) is 13.9. The van der Waals surface area contributed by atoms with Gasteiger partial charge in [0.25, 0.3) is 0 Å². The van der Waals surface area contributed by atoms with Crippen LogP contribution in [0, 0.1) is 0 Å². The first-order valence-electron chi connectivity index (χ1n) is 22.9. The van der Waals surface area contributed by atoms with E-state index >= 15 is 0 Å². The quantitative estimate of drug-likeness (QED) is 0.150. The standard InChI is InChI=1S/C56H39N/c1-3-11-40(12-4-1)42-19-21-43(22-20-42)44-25-32-51(33-26-44)57(52-34-27-45(28-35-52)50-24-23-41-13-7-8-17-49(41)39-50)53-36-29-48(30-37-53)56-54-18-10-9-16-47(54)31-38-55(56)46-14-5-2-6-15-46/h1-39H/i25D,26D,27D,28D,32D,33D,34D,35D. The molecule has 0 radical (unpaired) electrons. The summed E-state index contributed by atoms with van der Waals surface area (Å²) in [5.74, 6) is 0. The van der Waals surface area contributed by atoms with Crippen LogP contribution in [0.3, 0.4) is 0 Å². The first-order chi connectivity index (χ1) is 31.6. The number of benzene rings is 10. The van der Waals surface area contributed by atoms with E-state index < -0.39 is 24.2 Å². The zero-order valence-corrected chi connectivity index (χ0v) is 30.8. The summed E-state index contributed by atoms with van der Waals surface area (Å²) in [5, 5.41) is 3.94. The first-order valence-corrected chi connectivity index (χ1v) is 18.9. The molecule has 0 N–H and O–H groups in total. The van der Waals surface area contributed by atoms with Gasteiger partial charge >= 0.3 is 0 Å². The highest BCUT2D eigenvalue weighted by Crippen LogP contribution is 2.41. The maximum Gasteiger partial charge on any atom is 0.0645 e. The van der Waals surface area contributed by atoms with Crippen molar-refractivity contribution in [1.29, 1.82) is 0 Å². The maximum absolute atomic E-state index is 9.57. The van der Waals surface area contributed by atoms with Crippen molar-refractivity contribution >= 4 is 38.6 Å². The van der Waals surface area contributed by atoms with E-state index in [-0.39, 0.29) is 46.7 Å². The Morgan fingerprint density at radius 1 is 0.281 bits per heavy atom. The van der Waals surface area contributed by atoms with Crippen LogP contribution in [0.1, 0.15) is 11.0 Å².